The number of hydrogen-bond donors (Lipinski definition) is 2. The number of benzene rings is 1. The summed E-state index contributed by atoms with van der Waals surface area (Å²) >= 11 is 0. The van der Waals surface area contributed by atoms with Crippen molar-refractivity contribution in [1.82, 2.24) is 5.32 Å². The van der Waals surface area contributed by atoms with Gasteiger partial charge in [-0.05, 0) is 49.3 Å². The Morgan fingerprint density at radius 3 is 2.27 bits per heavy atom. The largest absolute Gasteiger partial charge is 0.508 e. The quantitative estimate of drug-likeness (QED) is 0.830. The lowest BCUT2D eigenvalue weighted by Gasteiger charge is -2.47. The van der Waals surface area contributed by atoms with Crippen molar-refractivity contribution in [3.63, 3.8) is 0 Å². The number of amides is 1. The van der Waals surface area contributed by atoms with E-state index in [1.54, 1.807) is 12.1 Å². The first-order valence-electron chi connectivity index (χ1n) is 7.69. The van der Waals surface area contributed by atoms with Crippen LogP contribution < -0.4 is 5.32 Å². The highest BCUT2D eigenvalue weighted by molar-refractivity contribution is 5.91. The molecule has 3 aliphatic rings. The van der Waals surface area contributed by atoms with E-state index in [2.05, 4.69) is 5.32 Å². The third-order valence-electron chi connectivity index (χ3n) is 5.63. The van der Waals surface area contributed by atoms with Crippen LogP contribution in [0.25, 0.3) is 0 Å². The summed E-state index contributed by atoms with van der Waals surface area (Å²) in [5.41, 5.74) is 0.335. The molecule has 0 spiro atoms. The molecule has 0 heterocycles. The van der Waals surface area contributed by atoms with Crippen LogP contribution >= 0.6 is 0 Å². The van der Waals surface area contributed by atoms with Gasteiger partial charge in [-0.15, -0.1) is 0 Å². The molecule has 0 radical (unpaired) electrons. The Morgan fingerprint density at radius 1 is 1.18 bits per heavy atom. The Kier molecular flexibility index (Phi) is 2.63. The van der Waals surface area contributed by atoms with Gasteiger partial charge in [0.05, 0.1) is 24.0 Å². The Morgan fingerprint density at radius 2 is 1.77 bits per heavy atom. The van der Waals surface area contributed by atoms with Crippen LogP contribution in [0, 0.1) is 17.3 Å². The van der Waals surface area contributed by atoms with Gasteiger partial charge in [-0.1, -0.05) is 12.1 Å². The number of fused-ring (bicyclic) bond motifs is 1. The molecule has 1 aromatic rings. The van der Waals surface area contributed by atoms with Gasteiger partial charge in [-0.2, -0.15) is 0 Å². The van der Waals surface area contributed by atoms with E-state index in [9.17, 15) is 14.7 Å². The molecule has 0 unspecified atom stereocenters. The van der Waals surface area contributed by atoms with Crippen molar-refractivity contribution in [2.45, 2.75) is 31.2 Å². The number of phenolic OH excluding ortho intramolecular Hbond substituents is 1. The molecule has 1 aromatic carbocycles. The number of carbonyl (C=O) groups excluding carboxylic acids is 2. The van der Waals surface area contributed by atoms with Gasteiger partial charge in [0.2, 0.25) is 5.91 Å². The molecular formula is C17H19NO4. The number of methoxy groups -OCH3 is 1. The van der Waals surface area contributed by atoms with E-state index in [1.807, 2.05) is 12.1 Å². The van der Waals surface area contributed by atoms with Crippen molar-refractivity contribution in [1.29, 1.82) is 0 Å². The number of phenols is 1. The topological polar surface area (TPSA) is 75.6 Å². The van der Waals surface area contributed by atoms with E-state index in [0.717, 1.165) is 18.4 Å². The maximum atomic E-state index is 12.5. The molecule has 22 heavy (non-hydrogen) atoms. The molecule has 0 saturated heterocycles. The Labute approximate surface area is 128 Å². The second kappa shape index (κ2) is 4.24. The van der Waals surface area contributed by atoms with Crippen molar-refractivity contribution in [3.8, 4) is 5.75 Å². The van der Waals surface area contributed by atoms with E-state index < -0.39 is 5.54 Å². The molecule has 4 rings (SSSR count). The van der Waals surface area contributed by atoms with E-state index in [-0.39, 0.29) is 29.0 Å². The van der Waals surface area contributed by atoms with Gasteiger partial charge in [0, 0.05) is 0 Å². The lowest BCUT2D eigenvalue weighted by atomic mass is 9.64. The summed E-state index contributed by atoms with van der Waals surface area (Å²) in [5, 5.41) is 12.6. The fourth-order valence-electron chi connectivity index (χ4n) is 3.72. The summed E-state index contributed by atoms with van der Waals surface area (Å²) in [4.78, 5) is 24.2. The van der Waals surface area contributed by atoms with Crippen LogP contribution in [0.5, 0.6) is 5.75 Å². The first-order valence-corrected chi connectivity index (χ1v) is 7.69. The first-order chi connectivity index (χ1) is 10.5. The Hall–Kier alpha value is -2.04. The van der Waals surface area contributed by atoms with Crippen LogP contribution in [0.3, 0.4) is 0 Å². The van der Waals surface area contributed by atoms with E-state index in [1.165, 1.54) is 7.11 Å². The Balaban J connectivity index is 1.56. The van der Waals surface area contributed by atoms with Gasteiger partial charge >= 0.3 is 5.97 Å². The van der Waals surface area contributed by atoms with Crippen LogP contribution in [0.4, 0.5) is 0 Å². The van der Waals surface area contributed by atoms with E-state index in [0.29, 0.717) is 18.8 Å². The molecule has 2 N–H and O–H groups in total. The van der Waals surface area contributed by atoms with Crippen LogP contribution in [0.2, 0.25) is 0 Å². The number of esters is 1. The van der Waals surface area contributed by atoms with Gasteiger partial charge in [0.25, 0.3) is 0 Å². The number of carbonyl (C=O) groups is 2. The summed E-state index contributed by atoms with van der Waals surface area (Å²) in [6.07, 6.45) is 3.11. The highest BCUT2D eigenvalue weighted by Gasteiger charge is 2.75. The van der Waals surface area contributed by atoms with Crippen molar-refractivity contribution in [2.24, 2.45) is 17.3 Å². The third kappa shape index (κ3) is 1.84. The van der Waals surface area contributed by atoms with Crippen molar-refractivity contribution in [3.05, 3.63) is 29.8 Å². The summed E-state index contributed by atoms with van der Waals surface area (Å²) in [6.45, 7) is 0. The minimum atomic E-state index is -0.506. The summed E-state index contributed by atoms with van der Waals surface area (Å²) < 4.78 is 4.80. The van der Waals surface area contributed by atoms with Gasteiger partial charge in [0.15, 0.2) is 0 Å². The lowest BCUT2D eigenvalue weighted by Crippen LogP contribution is -2.57. The minimum absolute atomic E-state index is 0.0970. The summed E-state index contributed by atoms with van der Waals surface area (Å²) in [5.74, 6) is 0.496. The number of hydrogen-bond acceptors (Lipinski definition) is 4. The maximum absolute atomic E-state index is 12.5. The van der Waals surface area contributed by atoms with Gasteiger partial charge in [0.1, 0.15) is 5.75 Å². The third-order valence-corrected chi connectivity index (χ3v) is 5.63. The average molecular weight is 301 g/mol. The van der Waals surface area contributed by atoms with Crippen molar-refractivity contribution >= 4 is 11.9 Å². The second-order valence-corrected chi connectivity index (χ2v) is 6.97. The minimum Gasteiger partial charge on any atom is -0.508 e. The molecule has 116 valence electrons. The molecule has 3 fully saturated rings. The fraction of sp³-hybridized carbons (Fsp3) is 0.529. The first kappa shape index (κ1) is 13.6. The molecule has 0 atom stereocenters. The zero-order valence-corrected chi connectivity index (χ0v) is 12.5. The SMILES string of the molecule is COC(=O)C1CC(NC(=O)C23CC2C3)(c2ccc(O)cc2)C1. The van der Waals surface area contributed by atoms with Gasteiger partial charge < -0.3 is 15.2 Å². The lowest BCUT2D eigenvalue weighted by molar-refractivity contribution is -0.153. The summed E-state index contributed by atoms with van der Waals surface area (Å²) in [7, 11) is 1.39. The molecule has 0 bridgehead atoms. The van der Waals surface area contributed by atoms with Crippen LogP contribution in [0.1, 0.15) is 31.2 Å². The number of nitrogens with one attached hydrogen (secondary N) is 1. The molecule has 3 aliphatic carbocycles. The van der Waals surface area contributed by atoms with Crippen LogP contribution in [0.15, 0.2) is 24.3 Å². The standard InChI is InChI=1S/C17H19NO4/c1-22-14(20)10-6-17(7-10,11-2-4-13(19)5-3-11)18-15(21)16-8-12(16)9-16/h2-5,10,12,19H,6-9H2,1H3,(H,18,21). The molecule has 3 saturated carbocycles. The zero-order valence-electron chi connectivity index (χ0n) is 12.5. The molecule has 5 heteroatoms. The van der Waals surface area contributed by atoms with Crippen LogP contribution in [-0.4, -0.2) is 24.1 Å². The number of rotatable bonds is 4. The second-order valence-electron chi connectivity index (χ2n) is 6.97. The van der Waals surface area contributed by atoms with Gasteiger partial charge in [-0.25, -0.2) is 0 Å². The highest BCUT2D eigenvalue weighted by Crippen LogP contribution is 2.75. The fourth-order valence-corrected chi connectivity index (χ4v) is 3.72. The Bertz CT molecular complexity index is 639. The molecular weight excluding hydrogens is 282 g/mol. The number of ether oxygens (including phenoxy) is 1. The molecule has 0 aromatic heterocycles. The monoisotopic (exact) mass is 301 g/mol. The van der Waals surface area contributed by atoms with E-state index in [4.69, 9.17) is 4.74 Å². The highest BCUT2D eigenvalue weighted by atomic mass is 16.5. The summed E-state index contributed by atoms with van der Waals surface area (Å²) in [6, 6.07) is 6.87. The van der Waals surface area contributed by atoms with E-state index >= 15 is 0 Å². The van der Waals surface area contributed by atoms with Crippen molar-refractivity contribution in [2.75, 3.05) is 7.11 Å². The zero-order chi connectivity index (χ0) is 15.5. The van der Waals surface area contributed by atoms with Gasteiger partial charge in [-0.3, -0.25) is 9.59 Å². The molecule has 0 aliphatic heterocycles. The smallest absolute Gasteiger partial charge is 0.308 e. The molecule has 1 amide bonds. The maximum Gasteiger partial charge on any atom is 0.308 e. The van der Waals surface area contributed by atoms with Crippen molar-refractivity contribution < 1.29 is 19.4 Å². The predicted molar refractivity (Wildman–Crippen MR) is 77.8 cm³/mol. The normalized spacial score (nSPS) is 37.5. The molecule has 5 nitrogen and oxygen atoms in total. The predicted octanol–water partition coefficient (Wildman–Crippen LogP) is 1.70. The number of aromatic hydroxyl groups is 1. The average Bonchev–Trinajstić information content (AvgIpc) is 3.32. The van der Waals surface area contributed by atoms with Crippen LogP contribution in [-0.2, 0) is 19.9 Å².